The molecule has 0 heterocycles. The molecular formula is C16H27N. The van der Waals surface area contributed by atoms with Gasteiger partial charge in [-0.1, -0.05) is 56.9 Å². The molecule has 0 spiro atoms. The van der Waals surface area contributed by atoms with Crippen LogP contribution in [0.15, 0.2) is 48.6 Å². The number of nitrogens with one attached hydrogen (secondary N) is 1. The lowest BCUT2D eigenvalue weighted by atomic mass is 10.1. The van der Waals surface area contributed by atoms with Crippen molar-refractivity contribution in [3.63, 3.8) is 0 Å². The molecule has 0 fully saturated rings. The number of rotatable bonds is 9. The second kappa shape index (κ2) is 11.4. The van der Waals surface area contributed by atoms with Gasteiger partial charge in [-0.25, -0.2) is 0 Å². The summed E-state index contributed by atoms with van der Waals surface area (Å²) in [5.41, 5.74) is 1.38. The Morgan fingerprint density at radius 2 is 2.12 bits per heavy atom. The summed E-state index contributed by atoms with van der Waals surface area (Å²) in [6, 6.07) is 0. The zero-order valence-electron chi connectivity index (χ0n) is 11.6. The van der Waals surface area contributed by atoms with Crippen LogP contribution in [0.4, 0.5) is 0 Å². The zero-order chi connectivity index (χ0) is 12.9. The highest BCUT2D eigenvalue weighted by molar-refractivity contribution is 5.20. The van der Waals surface area contributed by atoms with Crippen LogP contribution in [0, 0.1) is 5.92 Å². The molecule has 0 saturated heterocycles. The Hall–Kier alpha value is -1.08. The summed E-state index contributed by atoms with van der Waals surface area (Å²) in [4.78, 5) is 0. The predicted octanol–water partition coefficient (Wildman–Crippen LogP) is 4.26. The van der Waals surface area contributed by atoms with Crippen LogP contribution >= 0.6 is 0 Å². The highest BCUT2D eigenvalue weighted by atomic mass is 14.8. The first kappa shape index (κ1) is 15.9. The molecule has 1 nitrogen and oxygen atoms in total. The van der Waals surface area contributed by atoms with Crippen LogP contribution in [0.3, 0.4) is 0 Å². The summed E-state index contributed by atoms with van der Waals surface area (Å²) in [5, 5.41) is 3.47. The average molecular weight is 233 g/mol. The Morgan fingerprint density at radius 1 is 1.35 bits per heavy atom. The standard InChI is InChI=1S/C16H27N/c1-5-7-8-9-10-12-17-14-16(11-6-2)13-15(3)4/h5-8,11,13,15,17H,1,9-10,12,14H2,2-4H3/b8-7-,11-6-,16-13+. The van der Waals surface area contributed by atoms with E-state index in [0.29, 0.717) is 5.92 Å². The fourth-order valence-electron chi connectivity index (χ4n) is 1.59. The monoisotopic (exact) mass is 233 g/mol. The molecule has 0 aliphatic heterocycles. The Morgan fingerprint density at radius 3 is 2.71 bits per heavy atom. The highest BCUT2D eigenvalue weighted by Gasteiger charge is 1.94. The molecule has 17 heavy (non-hydrogen) atoms. The van der Waals surface area contributed by atoms with Crippen molar-refractivity contribution in [1.82, 2.24) is 5.32 Å². The summed E-state index contributed by atoms with van der Waals surface area (Å²) < 4.78 is 0. The van der Waals surface area contributed by atoms with E-state index in [2.05, 4.69) is 57.0 Å². The maximum atomic E-state index is 3.65. The van der Waals surface area contributed by atoms with E-state index in [9.17, 15) is 0 Å². The molecule has 0 aliphatic carbocycles. The lowest BCUT2D eigenvalue weighted by Gasteiger charge is -2.06. The molecule has 0 amide bonds. The predicted molar refractivity (Wildman–Crippen MR) is 79.2 cm³/mol. The molecule has 0 saturated carbocycles. The first-order chi connectivity index (χ1) is 8.20. The summed E-state index contributed by atoms with van der Waals surface area (Å²) in [5.74, 6) is 0.610. The van der Waals surface area contributed by atoms with Gasteiger partial charge in [0.25, 0.3) is 0 Å². The Labute approximate surface area is 107 Å². The van der Waals surface area contributed by atoms with E-state index in [4.69, 9.17) is 0 Å². The van der Waals surface area contributed by atoms with Crippen LogP contribution in [0.25, 0.3) is 0 Å². The second-order valence-electron chi connectivity index (χ2n) is 4.47. The maximum Gasteiger partial charge on any atom is 0.0202 e. The van der Waals surface area contributed by atoms with E-state index in [1.807, 2.05) is 12.2 Å². The molecule has 0 aromatic heterocycles. The molecule has 0 bridgehead atoms. The topological polar surface area (TPSA) is 12.0 Å². The average Bonchev–Trinajstić information content (AvgIpc) is 2.27. The van der Waals surface area contributed by atoms with Crippen molar-refractivity contribution in [3.05, 3.63) is 48.6 Å². The van der Waals surface area contributed by atoms with Crippen molar-refractivity contribution < 1.29 is 0 Å². The molecule has 0 aromatic rings. The van der Waals surface area contributed by atoms with Gasteiger partial charge in [0.15, 0.2) is 0 Å². The third kappa shape index (κ3) is 11.2. The van der Waals surface area contributed by atoms with E-state index < -0.39 is 0 Å². The van der Waals surface area contributed by atoms with Crippen molar-refractivity contribution in [2.24, 2.45) is 5.92 Å². The first-order valence-corrected chi connectivity index (χ1v) is 6.52. The molecule has 0 radical (unpaired) electrons. The number of unbranched alkanes of at least 4 members (excludes halogenated alkanes) is 1. The molecular weight excluding hydrogens is 206 g/mol. The summed E-state index contributed by atoms with van der Waals surface area (Å²) >= 11 is 0. The van der Waals surface area contributed by atoms with Crippen LogP contribution < -0.4 is 5.32 Å². The van der Waals surface area contributed by atoms with Crippen LogP contribution in [0.5, 0.6) is 0 Å². The smallest absolute Gasteiger partial charge is 0.0202 e. The maximum absolute atomic E-state index is 3.65. The van der Waals surface area contributed by atoms with Crippen LogP contribution in [0.1, 0.15) is 33.6 Å². The van der Waals surface area contributed by atoms with Gasteiger partial charge in [-0.2, -0.15) is 0 Å². The van der Waals surface area contributed by atoms with Gasteiger partial charge in [0, 0.05) is 6.54 Å². The van der Waals surface area contributed by atoms with Gasteiger partial charge in [-0.3, -0.25) is 0 Å². The van der Waals surface area contributed by atoms with Crippen molar-refractivity contribution in [2.45, 2.75) is 33.6 Å². The summed E-state index contributed by atoms with van der Waals surface area (Å²) in [6.45, 7) is 12.2. The fourth-order valence-corrected chi connectivity index (χ4v) is 1.59. The minimum absolute atomic E-state index is 0.610. The van der Waals surface area contributed by atoms with Gasteiger partial charge >= 0.3 is 0 Å². The van der Waals surface area contributed by atoms with E-state index in [1.165, 1.54) is 12.0 Å². The number of allylic oxidation sites excluding steroid dienone is 5. The second-order valence-corrected chi connectivity index (χ2v) is 4.47. The normalized spacial score (nSPS) is 13.1. The van der Waals surface area contributed by atoms with Crippen LogP contribution in [0.2, 0.25) is 0 Å². The van der Waals surface area contributed by atoms with Crippen molar-refractivity contribution in [3.8, 4) is 0 Å². The minimum Gasteiger partial charge on any atom is -0.313 e. The lowest BCUT2D eigenvalue weighted by Crippen LogP contribution is -2.18. The molecule has 1 N–H and O–H groups in total. The molecule has 0 aromatic carbocycles. The Bertz CT molecular complexity index is 269. The lowest BCUT2D eigenvalue weighted by molar-refractivity contribution is 0.688. The van der Waals surface area contributed by atoms with Gasteiger partial charge in [0.2, 0.25) is 0 Å². The van der Waals surface area contributed by atoms with Gasteiger partial charge in [-0.15, -0.1) is 0 Å². The molecule has 0 atom stereocenters. The van der Waals surface area contributed by atoms with E-state index in [0.717, 1.165) is 19.5 Å². The first-order valence-electron chi connectivity index (χ1n) is 6.52. The summed E-state index contributed by atoms with van der Waals surface area (Å²) in [6.07, 6.45) is 14.9. The highest BCUT2D eigenvalue weighted by Crippen LogP contribution is 2.03. The third-order valence-electron chi connectivity index (χ3n) is 2.25. The SMILES string of the molecule is C=C/C=C\CCCNCC(/C=C\C)=C/C(C)C. The van der Waals surface area contributed by atoms with Crippen LogP contribution in [-0.2, 0) is 0 Å². The van der Waals surface area contributed by atoms with Crippen LogP contribution in [-0.4, -0.2) is 13.1 Å². The summed E-state index contributed by atoms with van der Waals surface area (Å²) in [7, 11) is 0. The fraction of sp³-hybridized carbons (Fsp3) is 0.500. The van der Waals surface area contributed by atoms with E-state index >= 15 is 0 Å². The van der Waals surface area contributed by atoms with Crippen molar-refractivity contribution >= 4 is 0 Å². The largest absolute Gasteiger partial charge is 0.313 e. The quantitative estimate of drug-likeness (QED) is 0.463. The molecule has 0 unspecified atom stereocenters. The van der Waals surface area contributed by atoms with Crippen molar-refractivity contribution in [1.29, 1.82) is 0 Å². The Balaban J connectivity index is 3.76. The zero-order valence-corrected chi connectivity index (χ0v) is 11.6. The Kier molecular flexibility index (Phi) is 10.7. The van der Waals surface area contributed by atoms with Gasteiger partial charge in [0.05, 0.1) is 0 Å². The van der Waals surface area contributed by atoms with Gasteiger partial charge in [-0.05, 0) is 37.8 Å². The van der Waals surface area contributed by atoms with E-state index in [-0.39, 0.29) is 0 Å². The van der Waals surface area contributed by atoms with E-state index in [1.54, 1.807) is 0 Å². The third-order valence-corrected chi connectivity index (χ3v) is 2.25. The molecule has 0 rings (SSSR count). The van der Waals surface area contributed by atoms with Gasteiger partial charge in [0.1, 0.15) is 0 Å². The molecule has 0 aliphatic rings. The molecule has 1 heteroatoms. The number of hydrogen-bond acceptors (Lipinski definition) is 1. The molecule has 96 valence electrons. The number of hydrogen-bond donors (Lipinski definition) is 1. The van der Waals surface area contributed by atoms with Gasteiger partial charge < -0.3 is 5.32 Å². The van der Waals surface area contributed by atoms with Crippen molar-refractivity contribution in [2.75, 3.05) is 13.1 Å². The minimum atomic E-state index is 0.610.